The summed E-state index contributed by atoms with van der Waals surface area (Å²) in [5.41, 5.74) is 0.00772. The molecule has 1 N–H and O–H groups in total. The number of fused-ring (bicyclic) bond motifs is 2. The molecule has 120 valence electrons. The summed E-state index contributed by atoms with van der Waals surface area (Å²) in [6.07, 6.45) is 3.17. The van der Waals surface area contributed by atoms with Crippen molar-refractivity contribution in [3.8, 4) is 0 Å². The Bertz CT molecular complexity index is 915. The number of amides is 1. The summed E-state index contributed by atoms with van der Waals surface area (Å²) >= 11 is 0. The topological polar surface area (TPSA) is 66.8 Å². The highest BCUT2D eigenvalue weighted by Crippen LogP contribution is 2.53. The van der Waals surface area contributed by atoms with Gasteiger partial charge in [-0.3, -0.25) is 9.59 Å². The number of aliphatic carboxylic acids is 1. The Morgan fingerprint density at radius 2 is 2.00 bits per heavy atom. The highest BCUT2D eigenvalue weighted by molar-refractivity contribution is 6.08. The normalized spacial score (nSPS) is 33.4. The molecule has 4 atom stereocenters. The summed E-state index contributed by atoms with van der Waals surface area (Å²) in [6, 6.07) is 13.7. The van der Waals surface area contributed by atoms with Crippen LogP contribution in [0.1, 0.15) is 0 Å². The van der Waals surface area contributed by atoms with Crippen molar-refractivity contribution in [2.45, 2.75) is 11.7 Å². The van der Waals surface area contributed by atoms with Gasteiger partial charge >= 0.3 is 5.97 Å². The first-order chi connectivity index (χ1) is 11.6. The molecule has 24 heavy (non-hydrogen) atoms. The predicted molar refractivity (Wildman–Crippen MR) is 87.7 cm³/mol. The summed E-state index contributed by atoms with van der Waals surface area (Å²) < 4.78 is 5.94. The van der Waals surface area contributed by atoms with E-state index < -0.39 is 29.5 Å². The van der Waals surface area contributed by atoms with Crippen LogP contribution in [0.2, 0.25) is 0 Å². The molecule has 1 spiro atoms. The van der Waals surface area contributed by atoms with Crippen LogP contribution in [0.3, 0.4) is 0 Å². The van der Waals surface area contributed by atoms with Gasteiger partial charge in [-0.1, -0.05) is 48.6 Å². The quantitative estimate of drug-likeness (QED) is 0.861. The van der Waals surface area contributed by atoms with Gasteiger partial charge in [0.15, 0.2) is 0 Å². The molecule has 5 heteroatoms. The molecule has 2 unspecified atom stereocenters. The molecule has 2 saturated heterocycles. The summed E-state index contributed by atoms with van der Waals surface area (Å²) in [7, 11) is 0. The number of rotatable bonds is 2. The lowest BCUT2D eigenvalue weighted by Gasteiger charge is -2.22. The second-order valence-corrected chi connectivity index (χ2v) is 6.66. The van der Waals surface area contributed by atoms with Crippen LogP contribution in [0.25, 0.3) is 10.8 Å². The van der Waals surface area contributed by atoms with E-state index in [2.05, 4.69) is 0 Å². The lowest BCUT2D eigenvalue weighted by molar-refractivity contribution is -0.146. The van der Waals surface area contributed by atoms with Gasteiger partial charge in [0.2, 0.25) is 5.91 Å². The summed E-state index contributed by atoms with van der Waals surface area (Å²) in [4.78, 5) is 26.4. The average molecular weight is 321 g/mol. The second-order valence-electron chi connectivity index (χ2n) is 6.66. The smallest absolute Gasteiger partial charge is 0.310 e. The number of carboxylic acid groups (broad SMARTS) is 1. The van der Waals surface area contributed by atoms with E-state index in [4.69, 9.17) is 4.74 Å². The Kier molecular flexibility index (Phi) is 2.55. The fraction of sp³-hybridized carbons (Fsp3) is 0.263. The Morgan fingerprint density at radius 1 is 1.21 bits per heavy atom. The number of carboxylic acids is 1. The fourth-order valence-corrected chi connectivity index (χ4v) is 4.43. The zero-order valence-electron chi connectivity index (χ0n) is 12.8. The fourth-order valence-electron chi connectivity index (χ4n) is 4.43. The van der Waals surface area contributed by atoms with Crippen molar-refractivity contribution in [3.63, 3.8) is 0 Å². The number of hydrogen-bond donors (Lipinski definition) is 1. The Morgan fingerprint density at radius 3 is 2.83 bits per heavy atom. The van der Waals surface area contributed by atoms with Crippen LogP contribution in [-0.2, 0) is 14.3 Å². The van der Waals surface area contributed by atoms with E-state index in [1.807, 2.05) is 48.5 Å². The van der Waals surface area contributed by atoms with Crippen LogP contribution < -0.4 is 4.90 Å². The van der Waals surface area contributed by atoms with E-state index >= 15 is 0 Å². The molecule has 0 aliphatic carbocycles. The van der Waals surface area contributed by atoms with Gasteiger partial charge in [0.05, 0.1) is 24.3 Å². The lowest BCUT2D eigenvalue weighted by Crippen LogP contribution is -2.39. The molecule has 2 aromatic rings. The number of nitrogens with zero attached hydrogens (tertiary/aromatic N) is 1. The lowest BCUT2D eigenvalue weighted by atomic mass is 9.77. The Labute approximate surface area is 138 Å². The van der Waals surface area contributed by atoms with Crippen LogP contribution >= 0.6 is 0 Å². The maximum atomic E-state index is 13.1. The van der Waals surface area contributed by atoms with Gasteiger partial charge in [-0.05, 0) is 11.5 Å². The van der Waals surface area contributed by atoms with Crippen molar-refractivity contribution < 1.29 is 19.4 Å². The number of hydrogen-bond acceptors (Lipinski definition) is 3. The first kappa shape index (κ1) is 13.7. The molecule has 3 aliphatic rings. The van der Waals surface area contributed by atoms with Gasteiger partial charge in [0.1, 0.15) is 11.5 Å². The molecule has 3 aliphatic heterocycles. The minimum Gasteiger partial charge on any atom is -0.481 e. The van der Waals surface area contributed by atoms with Crippen LogP contribution in [0, 0.1) is 11.8 Å². The first-order valence-corrected chi connectivity index (χ1v) is 8.00. The van der Waals surface area contributed by atoms with E-state index in [-0.39, 0.29) is 5.91 Å². The minimum absolute atomic E-state index is 0.161. The highest BCUT2D eigenvalue weighted by Gasteiger charge is 2.67. The van der Waals surface area contributed by atoms with Crippen molar-refractivity contribution in [3.05, 3.63) is 54.6 Å². The monoisotopic (exact) mass is 321 g/mol. The van der Waals surface area contributed by atoms with Gasteiger partial charge in [-0.25, -0.2) is 0 Å². The molecule has 2 fully saturated rings. The van der Waals surface area contributed by atoms with E-state index in [0.717, 1.165) is 16.5 Å². The SMILES string of the molecule is O=C(O)C1[C@H]2C=CC3(CN(c4cccc5ccccc45)C(=O)[C@@H]13)O2. The summed E-state index contributed by atoms with van der Waals surface area (Å²) in [5, 5.41) is 11.6. The second kappa shape index (κ2) is 4.45. The first-order valence-electron chi connectivity index (χ1n) is 8.00. The maximum absolute atomic E-state index is 13.1. The third kappa shape index (κ3) is 1.57. The molecule has 2 aromatic carbocycles. The van der Waals surface area contributed by atoms with Gasteiger partial charge < -0.3 is 14.7 Å². The van der Waals surface area contributed by atoms with Gasteiger partial charge in [0.25, 0.3) is 0 Å². The van der Waals surface area contributed by atoms with E-state index in [0.29, 0.717) is 6.54 Å². The standard InChI is InChI=1S/C19H15NO4/c21-17-16-15(18(22)23)14-8-9-19(16,24-14)10-20(17)13-7-3-5-11-4-1-2-6-12(11)13/h1-9,14-16H,10H2,(H,22,23)/t14-,15?,16-,19?/m1/s1. The number of carbonyl (C=O) groups excluding carboxylic acids is 1. The molecule has 1 amide bonds. The summed E-state index contributed by atoms with van der Waals surface area (Å²) in [6.45, 7) is 0.362. The van der Waals surface area contributed by atoms with Crippen molar-refractivity contribution in [1.82, 2.24) is 0 Å². The minimum atomic E-state index is -0.968. The number of anilines is 1. The van der Waals surface area contributed by atoms with Crippen molar-refractivity contribution in [2.75, 3.05) is 11.4 Å². The third-order valence-corrected chi connectivity index (χ3v) is 5.44. The van der Waals surface area contributed by atoms with E-state index in [1.165, 1.54) is 0 Å². The van der Waals surface area contributed by atoms with Crippen LogP contribution in [-0.4, -0.2) is 35.2 Å². The largest absolute Gasteiger partial charge is 0.481 e. The van der Waals surface area contributed by atoms with Crippen molar-refractivity contribution in [1.29, 1.82) is 0 Å². The molecule has 5 rings (SSSR count). The van der Waals surface area contributed by atoms with Crippen molar-refractivity contribution in [2.24, 2.45) is 11.8 Å². The van der Waals surface area contributed by atoms with Crippen molar-refractivity contribution >= 4 is 28.3 Å². The predicted octanol–water partition coefficient (Wildman–Crippen LogP) is 2.21. The molecule has 5 nitrogen and oxygen atoms in total. The number of benzene rings is 2. The van der Waals surface area contributed by atoms with Gasteiger partial charge in [-0.2, -0.15) is 0 Å². The zero-order chi connectivity index (χ0) is 16.5. The molecule has 0 saturated carbocycles. The highest BCUT2D eigenvalue weighted by atomic mass is 16.5. The molecule has 2 bridgehead atoms. The average Bonchev–Trinajstić information content (AvgIpc) is 3.22. The number of ether oxygens (including phenoxy) is 1. The maximum Gasteiger partial charge on any atom is 0.310 e. The molecule has 3 heterocycles. The van der Waals surface area contributed by atoms with E-state index in [1.54, 1.807) is 11.0 Å². The Hall–Kier alpha value is -2.66. The van der Waals surface area contributed by atoms with Crippen LogP contribution in [0.4, 0.5) is 5.69 Å². The van der Waals surface area contributed by atoms with Crippen LogP contribution in [0.5, 0.6) is 0 Å². The summed E-state index contributed by atoms with van der Waals surface area (Å²) in [5.74, 6) is -2.58. The van der Waals surface area contributed by atoms with Gasteiger partial charge in [0, 0.05) is 5.39 Å². The molecule has 0 aromatic heterocycles. The molecule has 0 radical (unpaired) electrons. The zero-order valence-corrected chi connectivity index (χ0v) is 12.8. The molecular weight excluding hydrogens is 306 g/mol. The third-order valence-electron chi connectivity index (χ3n) is 5.44. The van der Waals surface area contributed by atoms with Crippen LogP contribution in [0.15, 0.2) is 54.6 Å². The van der Waals surface area contributed by atoms with Gasteiger partial charge in [-0.15, -0.1) is 0 Å². The Balaban J connectivity index is 1.64. The van der Waals surface area contributed by atoms with E-state index in [9.17, 15) is 14.7 Å². The number of carbonyl (C=O) groups is 2. The molecular formula is C19H15NO4.